The molecule has 4 heteroatoms. The molecule has 0 heterocycles. The van der Waals surface area contributed by atoms with Gasteiger partial charge in [-0.25, -0.2) is 0 Å². The van der Waals surface area contributed by atoms with Gasteiger partial charge in [-0.3, -0.25) is 0 Å². The Morgan fingerprint density at radius 2 is 1.86 bits per heavy atom. The summed E-state index contributed by atoms with van der Waals surface area (Å²) < 4.78 is -0.929. The lowest BCUT2D eigenvalue weighted by atomic mass is 10.5. The van der Waals surface area contributed by atoms with E-state index in [4.69, 9.17) is 40.5 Å². The second-order valence-electron chi connectivity index (χ2n) is 1.19. The number of alkyl halides is 3. The number of hydrogen-bond acceptors (Lipinski definition) is 1. The van der Waals surface area contributed by atoms with E-state index in [1.54, 1.807) is 0 Å². The van der Waals surface area contributed by atoms with Crippen LogP contribution in [-0.2, 0) is 0 Å². The average Bonchev–Trinajstić information content (AvgIpc) is 1.68. The maximum absolute atomic E-state index is 5.41. The molecule has 0 rings (SSSR count). The van der Waals surface area contributed by atoms with Crippen LogP contribution in [0.15, 0.2) is 0 Å². The van der Waals surface area contributed by atoms with Gasteiger partial charge in [0, 0.05) is 6.54 Å². The zero-order valence-electron chi connectivity index (χ0n) is 3.63. The van der Waals surface area contributed by atoms with E-state index in [2.05, 4.69) is 0 Å². The summed E-state index contributed by atoms with van der Waals surface area (Å²) in [5, 5.41) is 0. The Balaban J connectivity index is 3.36. The fraction of sp³-hybridized carbons (Fsp3) is 1.00. The number of halogens is 3. The van der Waals surface area contributed by atoms with E-state index in [1.165, 1.54) is 0 Å². The van der Waals surface area contributed by atoms with Gasteiger partial charge in [0.25, 0.3) is 0 Å². The molecule has 0 amide bonds. The lowest BCUT2D eigenvalue weighted by Crippen LogP contribution is -2.26. The van der Waals surface area contributed by atoms with E-state index in [0.29, 0.717) is 0 Å². The molecule has 0 atom stereocenters. The predicted molar refractivity (Wildman–Crippen MR) is 34.2 cm³/mol. The quantitative estimate of drug-likeness (QED) is 0.610. The summed E-state index contributed by atoms with van der Waals surface area (Å²) in [7, 11) is 0. The largest absolute Gasteiger partial charge is 0.328 e. The summed E-state index contributed by atoms with van der Waals surface area (Å²) in [6.07, 6.45) is 0. The van der Waals surface area contributed by atoms with Gasteiger partial charge in [-0.2, -0.15) is 0 Å². The van der Waals surface area contributed by atoms with E-state index < -0.39 is 4.33 Å². The van der Waals surface area contributed by atoms with Crippen LogP contribution in [0.4, 0.5) is 0 Å². The van der Waals surface area contributed by atoms with Crippen molar-refractivity contribution in [1.29, 1.82) is 0 Å². The molecule has 0 bridgehead atoms. The molecule has 0 aliphatic carbocycles. The monoisotopic (exact) mass is 161 g/mol. The highest BCUT2D eigenvalue weighted by Gasteiger charge is 2.18. The van der Waals surface area contributed by atoms with E-state index in [0.717, 1.165) is 0 Å². The SMILES string of the molecule is NCC(Cl)(Cl)CCl. The van der Waals surface area contributed by atoms with Gasteiger partial charge in [0.1, 0.15) is 4.33 Å². The van der Waals surface area contributed by atoms with Gasteiger partial charge in [-0.1, -0.05) is 23.2 Å². The summed E-state index contributed by atoms with van der Waals surface area (Å²) >= 11 is 16.1. The predicted octanol–water partition coefficient (Wildman–Crippen LogP) is 1.36. The molecule has 0 aromatic heterocycles. The van der Waals surface area contributed by atoms with Gasteiger partial charge in [-0.15, -0.1) is 11.6 Å². The minimum Gasteiger partial charge on any atom is -0.328 e. The first-order chi connectivity index (χ1) is 3.12. The zero-order chi connectivity index (χ0) is 5.91. The summed E-state index contributed by atoms with van der Waals surface area (Å²) in [6, 6.07) is 0. The third-order valence-electron chi connectivity index (χ3n) is 0.494. The van der Waals surface area contributed by atoms with E-state index in [1.807, 2.05) is 0 Å². The van der Waals surface area contributed by atoms with Crippen LogP contribution >= 0.6 is 34.8 Å². The fourth-order valence-corrected chi connectivity index (χ4v) is 0.164. The van der Waals surface area contributed by atoms with Crippen molar-refractivity contribution in [3.63, 3.8) is 0 Å². The zero-order valence-corrected chi connectivity index (χ0v) is 5.89. The lowest BCUT2D eigenvalue weighted by molar-refractivity contribution is 0.873. The van der Waals surface area contributed by atoms with E-state index >= 15 is 0 Å². The smallest absolute Gasteiger partial charge is 0.143 e. The van der Waals surface area contributed by atoms with Crippen LogP contribution in [0.2, 0.25) is 0 Å². The molecule has 44 valence electrons. The summed E-state index contributed by atoms with van der Waals surface area (Å²) in [6.45, 7) is 0.194. The number of hydrogen-bond donors (Lipinski definition) is 1. The molecular weight excluding hydrogens is 156 g/mol. The maximum Gasteiger partial charge on any atom is 0.143 e. The number of rotatable bonds is 2. The Hall–Kier alpha value is 0.830. The third kappa shape index (κ3) is 3.42. The normalized spacial score (nSPS) is 12.0. The standard InChI is InChI=1S/C3H6Cl3N/c4-1-3(5,6)2-7/h1-2,7H2. The molecule has 2 N–H and O–H groups in total. The molecule has 0 aliphatic heterocycles. The third-order valence-corrected chi connectivity index (χ3v) is 1.80. The van der Waals surface area contributed by atoms with Crippen LogP contribution in [0.3, 0.4) is 0 Å². The first kappa shape index (κ1) is 7.83. The second-order valence-corrected chi connectivity index (χ2v) is 3.10. The van der Waals surface area contributed by atoms with Gasteiger partial charge in [0.05, 0.1) is 5.88 Å². The minimum atomic E-state index is -0.929. The molecule has 0 aliphatic rings. The Bertz CT molecular complexity index is 48.1. The van der Waals surface area contributed by atoms with E-state index in [9.17, 15) is 0 Å². The van der Waals surface area contributed by atoms with Crippen LogP contribution in [0.25, 0.3) is 0 Å². The Morgan fingerprint density at radius 3 is 1.86 bits per heavy atom. The molecule has 1 nitrogen and oxygen atoms in total. The highest BCUT2D eigenvalue weighted by atomic mass is 35.5. The summed E-state index contributed by atoms with van der Waals surface area (Å²) in [5.74, 6) is 0.173. The molecule has 0 saturated heterocycles. The molecular formula is C3H6Cl3N. The summed E-state index contributed by atoms with van der Waals surface area (Å²) in [4.78, 5) is 0. The first-order valence-electron chi connectivity index (χ1n) is 1.76. The van der Waals surface area contributed by atoms with E-state index in [-0.39, 0.29) is 12.4 Å². The van der Waals surface area contributed by atoms with Gasteiger partial charge in [0.15, 0.2) is 0 Å². The molecule has 0 aromatic rings. The molecule has 0 spiro atoms. The molecule has 0 aromatic carbocycles. The Labute approximate surface area is 57.7 Å². The topological polar surface area (TPSA) is 26.0 Å². The minimum absolute atomic E-state index is 0.173. The van der Waals surface area contributed by atoms with Crippen molar-refractivity contribution in [2.75, 3.05) is 12.4 Å². The summed E-state index contributed by atoms with van der Waals surface area (Å²) in [5.41, 5.74) is 5.07. The molecule has 0 saturated carbocycles. The molecule has 7 heavy (non-hydrogen) atoms. The molecule has 0 fully saturated rings. The van der Waals surface area contributed by atoms with Crippen molar-refractivity contribution in [1.82, 2.24) is 0 Å². The van der Waals surface area contributed by atoms with Crippen molar-refractivity contribution in [3.05, 3.63) is 0 Å². The molecule has 0 radical (unpaired) electrons. The molecule has 0 unspecified atom stereocenters. The van der Waals surface area contributed by atoms with Crippen LogP contribution in [0.5, 0.6) is 0 Å². The van der Waals surface area contributed by atoms with Gasteiger partial charge >= 0.3 is 0 Å². The number of nitrogens with two attached hydrogens (primary N) is 1. The van der Waals surface area contributed by atoms with Gasteiger partial charge in [0.2, 0.25) is 0 Å². The maximum atomic E-state index is 5.41. The van der Waals surface area contributed by atoms with Crippen molar-refractivity contribution in [2.24, 2.45) is 5.73 Å². The van der Waals surface area contributed by atoms with Gasteiger partial charge < -0.3 is 5.73 Å². The Kier molecular flexibility index (Phi) is 3.33. The first-order valence-corrected chi connectivity index (χ1v) is 3.05. The van der Waals surface area contributed by atoms with Gasteiger partial charge in [-0.05, 0) is 0 Å². The van der Waals surface area contributed by atoms with Crippen LogP contribution in [0.1, 0.15) is 0 Å². The van der Waals surface area contributed by atoms with Crippen LogP contribution in [0, 0.1) is 0 Å². The second kappa shape index (κ2) is 2.98. The van der Waals surface area contributed by atoms with Crippen LogP contribution in [-0.4, -0.2) is 16.8 Å². The van der Waals surface area contributed by atoms with Crippen molar-refractivity contribution < 1.29 is 0 Å². The lowest BCUT2D eigenvalue weighted by Gasteiger charge is -2.10. The van der Waals surface area contributed by atoms with Crippen LogP contribution < -0.4 is 5.73 Å². The average molecular weight is 162 g/mol. The Morgan fingerprint density at radius 1 is 1.43 bits per heavy atom. The van der Waals surface area contributed by atoms with Crippen molar-refractivity contribution >= 4 is 34.8 Å². The highest BCUT2D eigenvalue weighted by molar-refractivity contribution is 6.51. The highest BCUT2D eigenvalue weighted by Crippen LogP contribution is 2.19. The fourth-order valence-electron chi connectivity index (χ4n) is 0.0546. The van der Waals surface area contributed by atoms with Crippen molar-refractivity contribution in [2.45, 2.75) is 4.33 Å². The van der Waals surface area contributed by atoms with Crippen molar-refractivity contribution in [3.8, 4) is 0 Å².